The van der Waals surface area contributed by atoms with Gasteiger partial charge in [0.15, 0.2) is 5.11 Å². The molecule has 9 heteroatoms. The number of hydrogen-bond donors (Lipinski definition) is 4. The van der Waals surface area contributed by atoms with Crippen LogP contribution in [-0.4, -0.2) is 27.6 Å². The number of rotatable bonds is 7. The molecule has 0 aliphatic carbocycles. The van der Waals surface area contributed by atoms with Crippen LogP contribution in [0.2, 0.25) is 0 Å². The number of thiophene rings is 1. The highest BCUT2D eigenvalue weighted by Gasteiger charge is 2.08. The standard InChI is InChI=1S/C26H27N7S2/c1-18-17-19(2)29-25(28-18)32-24(27-15-14-23-9-6-16-35-23)33-26(34)31-22-12-10-21(11-13-22)30-20-7-4-3-5-8-20/h3-13,16-17,30H,14-15H2,1-2H3,(H3,27,28,29,31,32,33,34). The molecule has 0 saturated carbocycles. The van der Waals surface area contributed by atoms with Gasteiger partial charge in [0.2, 0.25) is 11.9 Å². The quantitative estimate of drug-likeness (QED) is 0.143. The van der Waals surface area contributed by atoms with Gasteiger partial charge in [-0.2, -0.15) is 0 Å². The van der Waals surface area contributed by atoms with E-state index >= 15 is 0 Å². The minimum absolute atomic E-state index is 0.417. The van der Waals surface area contributed by atoms with E-state index < -0.39 is 0 Å². The number of benzene rings is 2. The topological polar surface area (TPSA) is 86.3 Å². The second-order valence-corrected chi connectivity index (χ2v) is 9.25. The third kappa shape index (κ3) is 7.87. The summed E-state index contributed by atoms with van der Waals surface area (Å²) in [6, 6.07) is 24.0. The van der Waals surface area contributed by atoms with Crippen molar-refractivity contribution < 1.29 is 0 Å². The number of nitrogens with zero attached hydrogens (tertiary/aromatic N) is 3. The number of nitrogens with one attached hydrogen (secondary N) is 4. The van der Waals surface area contributed by atoms with E-state index in [9.17, 15) is 0 Å². The number of para-hydroxylation sites is 1. The summed E-state index contributed by atoms with van der Waals surface area (Å²) in [5.41, 5.74) is 4.64. The minimum atomic E-state index is 0.417. The molecule has 4 rings (SSSR count). The number of guanidine groups is 1. The van der Waals surface area contributed by atoms with Crippen molar-refractivity contribution >= 4 is 57.6 Å². The number of aliphatic imine (C=N–C) groups is 1. The van der Waals surface area contributed by atoms with E-state index in [4.69, 9.17) is 12.2 Å². The van der Waals surface area contributed by atoms with Gasteiger partial charge in [0.25, 0.3) is 0 Å². The van der Waals surface area contributed by atoms with Crippen LogP contribution in [0.15, 0.2) is 83.2 Å². The first kappa shape index (κ1) is 24.3. The molecule has 0 aliphatic rings. The van der Waals surface area contributed by atoms with Crippen LogP contribution in [-0.2, 0) is 6.42 Å². The maximum Gasteiger partial charge on any atom is 0.229 e. The van der Waals surface area contributed by atoms with Gasteiger partial charge in [-0.3, -0.25) is 10.3 Å². The molecule has 2 heterocycles. The van der Waals surface area contributed by atoms with Crippen molar-refractivity contribution in [1.29, 1.82) is 0 Å². The van der Waals surface area contributed by atoms with Crippen LogP contribution in [0.1, 0.15) is 16.3 Å². The Labute approximate surface area is 214 Å². The lowest BCUT2D eigenvalue weighted by molar-refractivity contribution is 0.973. The van der Waals surface area contributed by atoms with Crippen LogP contribution in [0.5, 0.6) is 0 Å². The maximum absolute atomic E-state index is 5.55. The molecule has 0 aliphatic heterocycles. The van der Waals surface area contributed by atoms with Crippen molar-refractivity contribution in [2.24, 2.45) is 4.99 Å². The largest absolute Gasteiger partial charge is 0.356 e. The van der Waals surface area contributed by atoms with Gasteiger partial charge in [-0.05, 0) is 80.0 Å². The smallest absolute Gasteiger partial charge is 0.229 e. The lowest BCUT2D eigenvalue weighted by atomic mass is 10.2. The van der Waals surface area contributed by atoms with E-state index in [1.807, 2.05) is 80.6 Å². The van der Waals surface area contributed by atoms with Crippen LogP contribution in [0, 0.1) is 13.8 Å². The molecule has 0 saturated heterocycles. The van der Waals surface area contributed by atoms with Crippen LogP contribution in [0.4, 0.5) is 23.0 Å². The Morgan fingerprint density at radius 1 is 0.857 bits per heavy atom. The number of aromatic nitrogens is 2. The van der Waals surface area contributed by atoms with Gasteiger partial charge in [0.05, 0.1) is 0 Å². The average Bonchev–Trinajstić information content (AvgIpc) is 3.34. The first-order valence-electron chi connectivity index (χ1n) is 11.2. The van der Waals surface area contributed by atoms with E-state index in [1.54, 1.807) is 11.3 Å². The van der Waals surface area contributed by atoms with Crippen molar-refractivity contribution in [3.05, 3.63) is 94.4 Å². The summed E-state index contributed by atoms with van der Waals surface area (Å²) in [5.74, 6) is 0.968. The van der Waals surface area contributed by atoms with Gasteiger partial charge >= 0.3 is 0 Å². The molecule has 178 valence electrons. The molecule has 0 bridgehead atoms. The first-order valence-corrected chi connectivity index (χ1v) is 12.5. The fourth-order valence-electron chi connectivity index (χ4n) is 3.33. The van der Waals surface area contributed by atoms with E-state index in [2.05, 4.69) is 47.7 Å². The van der Waals surface area contributed by atoms with Crippen LogP contribution >= 0.6 is 23.6 Å². The SMILES string of the molecule is Cc1cc(C)nc(NC(=NCCc2cccs2)NC(=S)Nc2ccc(Nc3ccccc3)cc2)n1. The Balaban J connectivity index is 1.39. The fourth-order valence-corrected chi connectivity index (χ4v) is 4.24. The molecule has 0 atom stereocenters. The van der Waals surface area contributed by atoms with Crippen molar-refractivity contribution in [2.45, 2.75) is 20.3 Å². The van der Waals surface area contributed by atoms with Gasteiger partial charge in [-0.25, -0.2) is 9.97 Å². The molecule has 4 N–H and O–H groups in total. The third-order valence-electron chi connectivity index (χ3n) is 4.86. The van der Waals surface area contributed by atoms with E-state index in [1.165, 1.54) is 4.88 Å². The Kier molecular flexibility index (Phi) is 8.37. The molecule has 0 fully saturated rings. The third-order valence-corrected chi connectivity index (χ3v) is 6.00. The second-order valence-electron chi connectivity index (χ2n) is 7.81. The number of hydrogen-bond acceptors (Lipinski definition) is 6. The molecule has 4 aromatic rings. The molecule has 0 unspecified atom stereocenters. The zero-order valence-electron chi connectivity index (χ0n) is 19.6. The zero-order valence-corrected chi connectivity index (χ0v) is 21.2. The van der Waals surface area contributed by atoms with Gasteiger partial charge in [-0.1, -0.05) is 24.3 Å². The maximum atomic E-state index is 5.55. The average molecular weight is 502 g/mol. The van der Waals surface area contributed by atoms with Crippen LogP contribution in [0.25, 0.3) is 0 Å². The monoisotopic (exact) mass is 501 g/mol. The van der Waals surface area contributed by atoms with Gasteiger partial charge in [0, 0.05) is 46.3 Å². The molecule has 2 aromatic heterocycles. The highest BCUT2D eigenvalue weighted by atomic mass is 32.1. The number of anilines is 4. The van der Waals surface area contributed by atoms with Crippen LogP contribution in [0.3, 0.4) is 0 Å². The van der Waals surface area contributed by atoms with Crippen LogP contribution < -0.4 is 21.3 Å². The summed E-state index contributed by atoms with van der Waals surface area (Å²) in [7, 11) is 0. The molecule has 0 radical (unpaired) electrons. The minimum Gasteiger partial charge on any atom is -0.356 e. The summed E-state index contributed by atoms with van der Waals surface area (Å²) in [6.07, 6.45) is 0.842. The Bertz CT molecular complexity index is 1250. The Morgan fingerprint density at radius 2 is 1.54 bits per heavy atom. The zero-order chi connectivity index (χ0) is 24.5. The summed E-state index contributed by atoms with van der Waals surface area (Å²) < 4.78 is 0. The Hall–Kier alpha value is -3.82. The highest BCUT2D eigenvalue weighted by Crippen LogP contribution is 2.18. The predicted octanol–water partition coefficient (Wildman–Crippen LogP) is 5.90. The predicted molar refractivity (Wildman–Crippen MR) is 151 cm³/mol. The molecule has 35 heavy (non-hydrogen) atoms. The lowest BCUT2D eigenvalue weighted by Gasteiger charge is -2.15. The normalized spacial score (nSPS) is 11.1. The highest BCUT2D eigenvalue weighted by molar-refractivity contribution is 7.80. The molecule has 0 amide bonds. The van der Waals surface area contributed by atoms with Crippen molar-refractivity contribution in [1.82, 2.24) is 15.3 Å². The van der Waals surface area contributed by atoms with E-state index in [-0.39, 0.29) is 0 Å². The fraction of sp³-hybridized carbons (Fsp3) is 0.154. The first-order chi connectivity index (χ1) is 17.0. The summed E-state index contributed by atoms with van der Waals surface area (Å²) in [6.45, 7) is 4.47. The van der Waals surface area contributed by atoms with Crippen molar-refractivity contribution in [3.63, 3.8) is 0 Å². The van der Waals surface area contributed by atoms with E-state index in [0.717, 1.165) is 34.9 Å². The van der Waals surface area contributed by atoms with E-state index in [0.29, 0.717) is 23.6 Å². The van der Waals surface area contributed by atoms with Crippen molar-refractivity contribution in [2.75, 3.05) is 22.5 Å². The van der Waals surface area contributed by atoms with Crippen molar-refractivity contribution in [3.8, 4) is 0 Å². The molecule has 7 nitrogen and oxygen atoms in total. The summed E-state index contributed by atoms with van der Waals surface area (Å²) in [5, 5.41) is 15.4. The second kappa shape index (κ2) is 12.0. The lowest BCUT2D eigenvalue weighted by Crippen LogP contribution is -2.39. The van der Waals surface area contributed by atoms with Gasteiger partial charge < -0.3 is 16.0 Å². The molecular formula is C26H27N7S2. The molecule has 0 spiro atoms. The summed E-state index contributed by atoms with van der Waals surface area (Å²) >= 11 is 7.27. The summed E-state index contributed by atoms with van der Waals surface area (Å²) in [4.78, 5) is 14.9. The van der Waals surface area contributed by atoms with Gasteiger partial charge in [-0.15, -0.1) is 11.3 Å². The Morgan fingerprint density at radius 3 is 2.23 bits per heavy atom. The molecule has 2 aromatic carbocycles. The number of aryl methyl sites for hydroxylation is 2. The number of thiocarbonyl (C=S) groups is 1. The molecular weight excluding hydrogens is 474 g/mol. The van der Waals surface area contributed by atoms with Gasteiger partial charge in [0.1, 0.15) is 0 Å².